The molecule has 0 radical (unpaired) electrons. The molecule has 0 saturated heterocycles. The maximum atomic E-state index is 4.29. The largest absolute Gasteiger partial charge is 0.284 e. The molecule has 0 aromatic rings. The van der Waals surface area contributed by atoms with Crippen LogP contribution in [0.25, 0.3) is 0 Å². The second-order valence-electron chi connectivity index (χ2n) is 2.74. The maximum Gasteiger partial charge on any atom is 0.0969 e. The van der Waals surface area contributed by atoms with E-state index in [1.54, 1.807) is 0 Å². The highest BCUT2D eigenvalue weighted by Gasteiger charge is 2.07. The molecule has 0 rings (SSSR count). The molecule has 0 N–H and O–H groups in total. The van der Waals surface area contributed by atoms with Crippen molar-refractivity contribution >= 4 is 25.3 Å². The first-order valence-corrected chi connectivity index (χ1v) is 5.35. The highest BCUT2D eigenvalue weighted by Crippen LogP contribution is 2.09. The first kappa shape index (κ1) is 11.7. The second kappa shape index (κ2) is 7.32. The molecule has 0 bridgehead atoms. The molecule has 0 aromatic heterocycles. The maximum absolute atomic E-state index is 4.29. The van der Waals surface area contributed by atoms with E-state index in [4.69, 9.17) is 0 Å². The number of thiol groups is 2. The highest BCUT2D eigenvalue weighted by atomic mass is 32.2. The molecule has 0 fully saturated rings. The fourth-order valence-electron chi connectivity index (χ4n) is 0.991. The second-order valence-corrected chi connectivity index (χ2v) is 4.12. The van der Waals surface area contributed by atoms with Gasteiger partial charge in [-0.25, -0.2) is 0 Å². The summed E-state index contributed by atoms with van der Waals surface area (Å²) in [6.07, 6.45) is 3.67. The van der Waals surface area contributed by atoms with Gasteiger partial charge in [0.2, 0.25) is 0 Å². The van der Waals surface area contributed by atoms with E-state index < -0.39 is 0 Å². The van der Waals surface area contributed by atoms with Crippen molar-refractivity contribution < 1.29 is 0 Å². The summed E-state index contributed by atoms with van der Waals surface area (Å²) in [5.41, 5.74) is 0. The topological polar surface area (TPSA) is 3.24 Å². The van der Waals surface area contributed by atoms with Crippen molar-refractivity contribution in [2.75, 3.05) is 13.1 Å². The molecule has 0 unspecified atom stereocenters. The van der Waals surface area contributed by atoms with Gasteiger partial charge in [-0.3, -0.25) is 4.90 Å². The lowest BCUT2D eigenvalue weighted by Gasteiger charge is -2.23. The van der Waals surface area contributed by atoms with Crippen LogP contribution in [0.1, 0.15) is 33.1 Å². The Hall–Kier alpha value is 0.660. The smallest absolute Gasteiger partial charge is 0.0969 e. The summed E-state index contributed by atoms with van der Waals surface area (Å²) in [6, 6.07) is 0. The quantitative estimate of drug-likeness (QED) is 0.484. The molecule has 68 valence electrons. The first-order chi connectivity index (χ1) is 5.22. The Labute approximate surface area is 81.4 Å². The van der Waals surface area contributed by atoms with E-state index in [9.17, 15) is 0 Å². The van der Waals surface area contributed by atoms with E-state index in [2.05, 4.69) is 44.0 Å². The summed E-state index contributed by atoms with van der Waals surface area (Å²) in [7, 11) is 0. The van der Waals surface area contributed by atoms with Crippen molar-refractivity contribution in [3.8, 4) is 0 Å². The normalized spacial score (nSPS) is 11.5. The zero-order valence-corrected chi connectivity index (χ0v) is 9.24. The van der Waals surface area contributed by atoms with Gasteiger partial charge in [0.15, 0.2) is 0 Å². The van der Waals surface area contributed by atoms with Crippen molar-refractivity contribution in [2.24, 2.45) is 0 Å². The molecular weight excluding hydrogens is 174 g/mol. The van der Waals surface area contributed by atoms with Gasteiger partial charge in [-0.1, -0.05) is 20.3 Å². The lowest BCUT2D eigenvalue weighted by molar-refractivity contribution is 0.301. The van der Waals surface area contributed by atoms with Gasteiger partial charge in [-0.2, -0.15) is 0 Å². The Kier molecular flexibility index (Phi) is 7.76. The van der Waals surface area contributed by atoms with Crippen molar-refractivity contribution in [3.05, 3.63) is 0 Å². The van der Waals surface area contributed by atoms with Crippen LogP contribution in [0.5, 0.6) is 0 Å². The molecule has 0 heterocycles. The summed E-state index contributed by atoms with van der Waals surface area (Å²) in [5, 5.41) is 0. The van der Waals surface area contributed by atoms with Crippen LogP contribution in [0.4, 0.5) is 0 Å². The van der Waals surface area contributed by atoms with E-state index in [0.717, 1.165) is 13.1 Å². The summed E-state index contributed by atoms with van der Waals surface area (Å²) in [5.74, 6) is 0. The standard InChI is InChI=1S/C8H19NS2/c1-3-5-7-9(6-4-2)8(10)11/h8,10-11H,3-7H2,1-2H3. The predicted molar refractivity (Wildman–Crippen MR) is 58.5 cm³/mol. The van der Waals surface area contributed by atoms with Gasteiger partial charge < -0.3 is 0 Å². The Morgan fingerprint density at radius 1 is 1.09 bits per heavy atom. The average Bonchev–Trinajstić information content (AvgIpc) is 1.97. The van der Waals surface area contributed by atoms with Crippen LogP contribution in [-0.2, 0) is 0 Å². The van der Waals surface area contributed by atoms with Crippen molar-refractivity contribution in [2.45, 2.75) is 37.8 Å². The summed E-state index contributed by atoms with van der Waals surface area (Å²) >= 11 is 8.58. The van der Waals surface area contributed by atoms with Crippen molar-refractivity contribution in [1.29, 1.82) is 0 Å². The van der Waals surface area contributed by atoms with Gasteiger partial charge in [0.25, 0.3) is 0 Å². The lowest BCUT2D eigenvalue weighted by Crippen LogP contribution is -2.29. The van der Waals surface area contributed by atoms with Crippen LogP contribution in [0, 0.1) is 0 Å². The molecule has 0 aromatic carbocycles. The third-order valence-electron chi connectivity index (χ3n) is 1.64. The minimum absolute atomic E-state index is 0.112. The number of nitrogens with zero attached hydrogens (tertiary/aromatic N) is 1. The first-order valence-electron chi connectivity index (χ1n) is 4.32. The molecule has 0 aliphatic heterocycles. The minimum Gasteiger partial charge on any atom is -0.284 e. The number of hydrogen-bond donors (Lipinski definition) is 2. The monoisotopic (exact) mass is 193 g/mol. The van der Waals surface area contributed by atoms with Crippen LogP contribution >= 0.6 is 25.3 Å². The number of hydrogen-bond acceptors (Lipinski definition) is 3. The van der Waals surface area contributed by atoms with Gasteiger partial charge in [0.05, 0.1) is 4.71 Å². The summed E-state index contributed by atoms with van der Waals surface area (Å²) in [4.78, 5) is 2.29. The highest BCUT2D eigenvalue weighted by molar-refractivity contribution is 7.99. The zero-order valence-electron chi connectivity index (χ0n) is 7.45. The SMILES string of the molecule is CCCCN(CCC)C(S)S. The van der Waals surface area contributed by atoms with Crippen LogP contribution < -0.4 is 0 Å². The fourth-order valence-corrected chi connectivity index (χ4v) is 1.45. The molecule has 0 spiro atoms. The predicted octanol–water partition coefficient (Wildman–Crippen LogP) is 2.64. The molecular formula is C8H19NS2. The number of rotatable bonds is 6. The molecule has 0 amide bonds. The van der Waals surface area contributed by atoms with Gasteiger partial charge in [-0.05, 0) is 25.9 Å². The van der Waals surface area contributed by atoms with Crippen LogP contribution in [0.3, 0.4) is 0 Å². The minimum atomic E-state index is 0.112. The summed E-state index contributed by atoms with van der Waals surface area (Å²) < 4.78 is 0.112. The zero-order chi connectivity index (χ0) is 8.69. The van der Waals surface area contributed by atoms with Gasteiger partial charge >= 0.3 is 0 Å². The molecule has 0 aliphatic rings. The third-order valence-corrected chi connectivity index (χ3v) is 2.29. The van der Waals surface area contributed by atoms with Crippen LogP contribution in [-0.4, -0.2) is 22.7 Å². The molecule has 0 aliphatic carbocycles. The average molecular weight is 193 g/mol. The van der Waals surface area contributed by atoms with E-state index in [1.807, 2.05) is 0 Å². The van der Waals surface area contributed by atoms with Crippen molar-refractivity contribution in [3.63, 3.8) is 0 Å². The Morgan fingerprint density at radius 2 is 1.73 bits per heavy atom. The molecule has 0 atom stereocenters. The molecule has 11 heavy (non-hydrogen) atoms. The lowest BCUT2D eigenvalue weighted by atomic mass is 10.3. The van der Waals surface area contributed by atoms with Gasteiger partial charge in [-0.15, -0.1) is 25.3 Å². The molecule has 1 nitrogen and oxygen atoms in total. The fraction of sp³-hybridized carbons (Fsp3) is 1.00. The van der Waals surface area contributed by atoms with Crippen molar-refractivity contribution in [1.82, 2.24) is 4.90 Å². The molecule has 3 heteroatoms. The number of unbranched alkanes of at least 4 members (excludes halogenated alkanes) is 1. The third kappa shape index (κ3) is 5.88. The van der Waals surface area contributed by atoms with Crippen LogP contribution in [0.15, 0.2) is 0 Å². The Morgan fingerprint density at radius 3 is 2.09 bits per heavy atom. The Balaban J connectivity index is 3.51. The van der Waals surface area contributed by atoms with Gasteiger partial charge in [0, 0.05) is 0 Å². The Bertz CT molecular complexity index is 86.2. The van der Waals surface area contributed by atoms with E-state index in [-0.39, 0.29) is 4.71 Å². The van der Waals surface area contributed by atoms with Crippen LogP contribution in [0.2, 0.25) is 0 Å². The summed E-state index contributed by atoms with van der Waals surface area (Å²) in [6.45, 7) is 6.62. The van der Waals surface area contributed by atoms with E-state index in [0.29, 0.717) is 0 Å². The van der Waals surface area contributed by atoms with E-state index in [1.165, 1.54) is 19.3 Å². The van der Waals surface area contributed by atoms with Gasteiger partial charge in [0.1, 0.15) is 0 Å². The van der Waals surface area contributed by atoms with E-state index >= 15 is 0 Å². The molecule has 0 saturated carbocycles.